The number of nitrogens with two attached hydrogens (primary N) is 1. The molecule has 7 heteroatoms. The standard InChI is InChI=1S/C14H17BrN2O4/c1-2-17(11-7-21-6-8(11)14(19)20)10-5-3-4-9(15)12(10)13(16)18/h3-5,8,11H,2,6-7H2,1H3,(H2,16,18)(H,19,20). The Labute approximate surface area is 131 Å². The minimum atomic E-state index is -0.897. The van der Waals surface area contributed by atoms with Crippen LogP contribution in [0.25, 0.3) is 0 Å². The lowest BCUT2D eigenvalue weighted by Gasteiger charge is -2.32. The van der Waals surface area contributed by atoms with Crippen LogP contribution in [0.2, 0.25) is 0 Å². The van der Waals surface area contributed by atoms with E-state index in [2.05, 4.69) is 15.9 Å². The van der Waals surface area contributed by atoms with E-state index in [-0.39, 0.29) is 12.6 Å². The van der Waals surface area contributed by atoms with Gasteiger partial charge < -0.3 is 20.5 Å². The number of amides is 1. The summed E-state index contributed by atoms with van der Waals surface area (Å²) in [6.07, 6.45) is 0. The van der Waals surface area contributed by atoms with E-state index in [1.165, 1.54) is 0 Å². The van der Waals surface area contributed by atoms with E-state index >= 15 is 0 Å². The lowest BCUT2D eigenvalue weighted by molar-refractivity contribution is -0.141. The molecule has 0 saturated carbocycles. The van der Waals surface area contributed by atoms with Crippen LogP contribution in [-0.2, 0) is 9.53 Å². The first-order chi connectivity index (χ1) is 9.97. The van der Waals surface area contributed by atoms with Crippen LogP contribution in [0.3, 0.4) is 0 Å². The number of ether oxygens (including phenoxy) is 1. The molecule has 1 heterocycles. The minimum absolute atomic E-state index is 0.177. The van der Waals surface area contributed by atoms with Crippen molar-refractivity contribution in [2.24, 2.45) is 11.7 Å². The molecule has 0 radical (unpaired) electrons. The van der Waals surface area contributed by atoms with Gasteiger partial charge in [-0.2, -0.15) is 0 Å². The third kappa shape index (κ3) is 3.03. The number of rotatable bonds is 5. The second-order valence-corrected chi connectivity index (χ2v) is 5.69. The highest BCUT2D eigenvalue weighted by Crippen LogP contribution is 2.32. The molecule has 21 heavy (non-hydrogen) atoms. The molecule has 0 bridgehead atoms. The largest absolute Gasteiger partial charge is 0.481 e. The summed E-state index contributed by atoms with van der Waals surface area (Å²) in [6.45, 7) is 2.95. The van der Waals surface area contributed by atoms with Crippen LogP contribution in [0.15, 0.2) is 22.7 Å². The van der Waals surface area contributed by atoms with E-state index < -0.39 is 17.8 Å². The second kappa shape index (κ2) is 6.44. The Bertz CT molecular complexity index is 564. The zero-order valence-corrected chi connectivity index (χ0v) is 13.2. The molecule has 1 amide bonds. The van der Waals surface area contributed by atoms with Gasteiger partial charge in [-0.05, 0) is 35.0 Å². The summed E-state index contributed by atoms with van der Waals surface area (Å²) >= 11 is 3.32. The number of halogens is 1. The number of hydrogen-bond acceptors (Lipinski definition) is 4. The molecule has 114 valence electrons. The van der Waals surface area contributed by atoms with E-state index in [0.29, 0.717) is 28.9 Å². The maximum absolute atomic E-state index is 11.7. The Balaban J connectivity index is 2.45. The van der Waals surface area contributed by atoms with Crippen LogP contribution in [0.1, 0.15) is 17.3 Å². The number of carbonyl (C=O) groups is 2. The van der Waals surface area contributed by atoms with Gasteiger partial charge >= 0.3 is 5.97 Å². The van der Waals surface area contributed by atoms with Gasteiger partial charge in [0.2, 0.25) is 0 Å². The summed E-state index contributed by atoms with van der Waals surface area (Å²) in [5, 5.41) is 9.30. The Morgan fingerprint density at radius 3 is 2.76 bits per heavy atom. The van der Waals surface area contributed by atoms with E-state index in [9.17, 15) is 14.7 Å². The molecule has 2 unspecified atom stereocenters. The molecule has 6 nitrogen and oxygen atoms in total. The van der Waals surface area contributed by atoms with Crippen molar-refractivity contribution in [1.29, 1.82) is 0 Å². The molecule has 1 aromatic rings. The van der Waals surface area contributed by atoms with Gasteiger partial charge in [0, 0.05) is 11.0 Å². The maximum atomic E-state index is 11.7. The molecule has 0 aliphatic carbocycles. The predicted octanol–water partition coefficient (Wildman–Crippen LogP) is 1.47. The molecule has 1 saturated heterocycles. The molecule has 3 N–H and O–H groups in total. The van der Waals surface area contributed by atoms with Crippen molar-refractivity contribution in [2.45, 2.75) is 13.0 Å². The van der Waals surface area contributed by atoms with Crippen LogP contribution in [-0.4, -0.2) is 42.8 Å². The average molecular weight is 357 g/mol. The first-order valence-electron chi connectivity index (χ1n) is 6.62. The van der Waals surface area contributed by atoms with E-state index in [0.717, 1.165) is 0 Å². The van der Waals surface area contributed by atoms with Crippen LogP contribution < -0.4 is 10.6 Å². The van der Waals surface area contributed by atoms with Gasteiger partial charge in [0.05, 0.1) is 30.5 Å². The van der Waals surface area contributed by atoms with Crippen molar-refractivity contribution in [3.63, 3.8) is 0 Å². The number of likely N-dealkylation sites (N-methyl/N-ethyl adjacent to an activating group) is 1. The summed E-state index contributed by atoms with van der Waals surface area (Å²) < 4.78 is 5.91. The van der Waals surface area contributed by atoms with Crippen molar-refractivity contribution in [2.75, 3.05) is 24.7 Å². The summed E-state index contributed by atoms with van der Waals surface area (Å²) in [6, 6.07) is 4.98. The average Bonchev–Trinajstić information content (AvgIpc) is 2.88. The van der Waals surface area contributed by atoms with E-state index in [1.807, 2.05) is 11.8 Å². The highest BCUT2D eigenvalue weighted by atomic mass is 79.9. The third-order valence-electron chi connectivity index (χ3n) is 3.66. The van der Waals surface area contributed by atoms with Crippen LogP contribution in [0, 0.1) is 5.92 Å². The smallest absolute Gasteiger partial charge is 0.311 e. The lowest BCUT2D eigenvalue weighted by Crippen LogP contribution is -2.44. The molecular formula is C14H17BrN2O4. The number of hydrogen-bond donors (Lipinski definition) is 2. The number of carboxylic acids is 1. The molecule has 1 aliphatic rings. The number of benzene rings is 1. The van der Waals surface area contributed by atoms with Gasteiger partial charge in [-0.1, -0.05) is 6.07 Å². The predicted molar refractivity (Wildman–Crippen MR) is 81.4 cm³/mol. The third-order valence-corrected chi connectivity index (χ3v) is 4.32. The first kappa shape index (κ1) is 15.8. The fourth-order valence-corrected chi connectivity index (χ4v) is 3.22. The van der Waals surface area contributed by atoms with Crippen LogP contribution >= 0.6 is 15.9 Å². The summed E-state index contributed by atoms with van der Waals surface area (Å²) in [5.74, 6) is -2.07. The molecule has 0 aromatic heterocycles. The van der Waals surface area contributed by atoms with Crippen molar-refractivity contribution >= 4 is 33.5 Å². The number of nitrogens with zero attached hydrogens (tertiary/aromatic N) is 1. The second-order valence-electron chi connectivity index (χ2n) is 4.83. The van der Waals surface area contributed by atoms with Crippen molar-refractivity contribution in [3.8, 4) is 0 Å². The van der Waals surface area contributed by atoms with Gasteiger partial charge in [0.25, 0.3) is 5.91 Å². The zero-order valence-electron chi connectivity index (χ0n) is 11.6. The Morgan fingerprint density at radius 2 is 2.19 bits per heavy atom. The molecule has 1 aliphatic heterocycles. The number of carbonyl (C=O) groups excluding carboxylic acids is 1. The molecule has 0 spiro atoms. The van der Waals surface area contributed by atoms with Gasteiger partial charge in [-0.3, -0.25) is 9.59 Å². The summed E-state index contributed by atoms with van der Waals surface area (Å²) in [4.78, 5) is 24.9. The molecule has 2 atom stereocenters. The number of carboxylic acid groups (broad SMARTS) is 1. The summed E-state index contributed by atoms with van der Waals surface area (Å²) in [7, 11) is 0. The number of aliphatic carboxylic acids is 1. The van der Waals surface area contributed by atoms with Gasteiger partial charge in [-0.15, -0.1) is 0 Å². The quantitative estimate of drug-likeness (QED) is 0.833. The van der Waals surface area contributed by atoms with Gasteiger partial charge in [-0.25, -0.2) is 0 Å². The monoisotopic (exact) mass is 356 g/mol. The normalized spacial score (nSPS) is 21.2. The van der Waals surface area contributed by atoms with Crippen molar-refractivity contribution in [3.05, 3.63) is 28.2 Å². The zero-order chi connectivity index (χ0) is 15.6. The van der Waals surface area contributed by atoms with Crippen molar-refractivity contribution in [1.82, 2.24) is 0 Å². The Kier molecular flexibility index (Phi) is 4.84. The number of anilines is 1. The number of primary amides is 1. The van der Waals surface area contributed by atoms with Gasteiger partial charge in [0.15, 0.2) is 0 Å². The molecule has 1 fully saturated rings. The topological polar surface area (TPSA) is 92.9 Å². The first-order valence-corrected chi connectivity index (χ1v) is 7.42. The maximum Gasteiger partial charge on any atom is 0.311 e. The fraction of sp³-hybridized carbons (Fsp3) is 0.429. The molecule has 2 rings (SSSR count). The molecular weight excluding hydrogens is 340 g/mol. The highest BCUT2D eigenvalue weighted by Gasteiger charge is 2.38. The Morgan fingerprint density at radius 1 is 1.48 bits per heavy atom. The van der Waals surface area contributed by atoms with E-state index in [4.69, 9.17) is 10.5 Å². The molecule has 1 aromatic carbocycles. The highest BCUT2D eigenvalue weighted by molar-refractivity contribution is 9.10. The van der Waals surface area contributed by atoms with E-state index in [1.54, 1.807) is 18.2 Å². The SMILES string of the molecule is CCN(c1cccc(Br)c1C(N)=O)C1COCC1C(=O)O. The minimum Gasteiger partial charge on any atom is -0.481 e. The van der Waals surface area contributed by atoms with Crippen LogP contribution in [0.4, 0.5) is 5.69 Å². The lowest BCUT2D eigenvalue weighted by atomic mass is 10.0. The van der Waals surface area contributed by atoms with Crippen LogP contribution in [0.5, 0.6) is 0 Å². The van der Waals surface area contributed by atoms with Gasteiger partial charge in [0.1, 0.15) is 5.92 Å². The summed E-state index contributed by atoms with van der Waals surface area (Å²) in [5.41, 5.74) is 6.44. The van der Waals surface area contributed by atoms with Crippen molar-refractivity contribution < 1.29 is 19.4 Å². The Hall–Kier alpha value is -1.60. The fourth-order valence-electron chi connectivity index (χ4n) is 2.67.